The molecule has 0 spiro atoms. The van der Waals surface area contributed by atoms with Crippen LogP contribution in [0.4, 0.5) is 4.39 Å². The number of aliphatic hydroxyl groups excluding tert-OH is 1. The summed E-state index contributed by atoms with van der Waals surface area (Å²) in [7, 11) is 0. The Bertz CT molecular complexity index is 525. The van der Waals surface area contributed by atoms with Crippen LogP contribution in [0.15, 0.2) is 41.0 Å². The summed E-state index contributed by atoms with van der Waals surface area (Å²) >= 11 is 0. The maximum Gasteiger partial charge on any atom is 0.129 e. The highest BCUT2D eigenvalue weighted by Crippen LogP contribution is 2.18. The first-order valence-corrected chi connectivity index (χ1v) is 6.32. The van der Waals surface area contributed by atoms with Gasteiger partial charge in [-0.1, -0.05) is 0 Å². The third-order valence-electron chi connectivity index (χ3n) is 2.70. The molecule has 4 nitrogen and oxygen atoms in total. The molecule has 1 unspecified atom stereocenters. The molecule has 0 fully saturated rings. The molecule has 0 amide bonds. The Hall–Kier alpha value is -1.85. The number of halogens is 1. The maximum atomic E-state index is 12.9. The van der Waals surface area contributed by atoms with Crippen LogP contribution < -0.4 is 4.74 Å². The molecule has 2 aromatic rings. The molecule has 0 aliphatic heterocycles. The van der Waals surface area contributed by atoms with E-state index in [-0.39, 0.29) is 19.0 Å². The van der Waals surface area contributed by atoms with Crippen molar-refractivity contribution in [3.63, 3.8) is 0 Å². The number of aryl methyl sites for hydroxylation is 1. The van der Waals surface area contributed by atoms with Crippen LogP contribution in [-0.4, -0.2) is 24.4 Å². The zero-order valence-electron chi connectivity index (χ0n) is 11.2. The van der Waals surface area contributed by atoms with Crippen LogP contribution in [0.1, 0.15) is 11.3 Å². The van der Waals surface area contributed by atoms with Crippen molar-refractivity contribution in [3.05, 3.63) is 53.7 Å². The zero-order chi connectivity index (χ0) is 14.4. The third kappa shape index (κ3) is 4.36. The molecule has 0 saturated heterocycles. The van der Waals surface area contributed by atoms with Crippen molar-refractivity contribution < 1.29 is 23.4 Å². The highest BCUT2D eigenvalue weighted by atomic mass is 19.1. The smallest absolute Gasteiger partial charge is 0.129 e. The van der Waals surface area contributed by atoms with Crippen molar-refractivity contribution in [1.82, 2.24) is 0 Å². The highest BCUT2D eigenvalue weighted by molar-refractivity contribution is 5.32. The molecule has 0 saturated carbocycles. The quantitative estimate of drug-likeness (QED) is 0.847. The van der Waals surface area contributed by atoms with Crippen LogP contribution in [0.25, 0.3) is 0 Å². The minimum absolute atomic E-state index is 0.0879. The van der Waals surface area contributed by atoms with Gasteiger partial charge in [-0.15, -0.1) is 0 Å². The summed E-state index contributed by atoms with van der Waals surface area (Å²) in [6.07, 6.45) is 0.810. The summed E-state index contributed by atoms with van der Waals surface area (Å²) in [5, 5.41) is 9.73. The fraction of sp³-hybridized carbons (Fsp3) is 0.333. The van der Waals surface area contributed by atoms with E-state index in [4.69, 9.17) is 13.9 Å². The number of ether oxygens (including phenoxy) is 2. The molecule has 0 bridgehead atoms. The molecule has 108 valence electrons. The van der Waals surface area contributed by atoms with Gasteiger partial charge in [0.2, 0.25) is 0 Å². The van der Waals surface area contributed by atoms with Gasteiger partial charge in [0, 0.05) is 0 Å². The Morgan fingerprint density at radius 2 is 2.15 bits per heavy atom. The van der Waals surface area contributed by atoms with Crippen molar-refractivity contribution in [3.8, 4) is 5.75 Å². The second kappa shape index (κ2) is 7.07. The second-order valence-corrected chi connectivity index (χ2v) is 4.47. The van der Waals surface area contributed by atoms with Crippen LogP contribution in [0.3, 0.4) is 0 Å². The lowest BCUT2D eigenvalue weighted by molar-refractivity contribution is 0.000765. The van der Waals surface area contributed by atoms with Crippen molar-refractivity contribution in [2.45, 2.75) is 19.6 Å². The van der Waals surface area contributed by atoms with Crippen molar-refractivity contribution in [2.24, 2.45) is 0 Å². The average Bonchev–Trinajstić information content (AvgIpc) is 2.91. The van der Waals surface area contributed by atoms with Crippen molar-refractivity contribution >= 4 is 0 Å². The summed E-state index contributed by atoms with van der Waals surface area (Å²) in [5.41, 5.74) is 0.689. The van der Waals surface area contributed by atoms with Gasteiger partial charge in [-0.2, -0.15) is 0 Å². The van der Waals surface area contributed by atoms with Crippen molar-refractivity contribution in [1.29, 1.82) is 0 Å². The number of rotatable bonds is 7. The Morgan fingerprint density at radius 3 is 2.85 bits per heavy atom. The fourth-order valence-corrected chi connectivity index (χ4v) is 1.70. The lowest BCUT2D eigenvalue weighted by atomic mass is 10.2. The Balaban J connectivity index is 1.70. The molecule has 1 N–H and O–H groups in total. The predicted molar refractivity (Wildman–Crippen MR) is 71.0 cm³/mol. The minimum Gasteiger partial charge on any atom is -0.491 e. The summed E-state index contributed by atoms with van der Waals surface area (Å²) < 4.78 is 28.7. The molecule has 1 aromatic heterocycles. The standard InChI is InChI=1S/C15H17FO4/c1-11-7-12(16)4-5-15(11)20-9-13(17)8-18-10-14-3-2-6-19-14/h2-7,13,17H,8-10H2,1H3. The van der Waals surface area contributed by atoms with Gasteiger partial charge in [-0.3, -0.25) is 0 Å². The largest absolute Gasteiger partial charge is 0.491 e. The molecule has 1 atom stereocenters. The van der Waals surface area contributed by atoms with Gasteiger partial charge < -0.3 is 19.0 Å². The van der Waals surface area contributed by atoms with Gasteiger partial charge in [-0.05, 0) is 42.8 Å². The van der Waals surface area contributed by atoms with E-state index in [1.165, 1.54) is 12.1 Å². The van der Waals surface area contributed by atoms with Crippen molar-refractivity contribution in [2.75, 3.05) is 13.2 Å². The van der Waals surface area contributed by atoms with E-state index in [0.29, 0.717) is 23.7 Å². The summed E-state index contributed by atoms with van der Waals surface area (Å²) in [4.78, 5) is 0. The number of furan rings is 1. The van der Waals surface area contributed by atoms with E-state index in [0.717, 1.165) is 0 Å². The molecule has 1 aromatic carbocycles. The molecular formula is C15H17FO4. The number of hydrogen-bond acceptors (Lipinski definition) is 4. The lowest BCUT2D eigenvalue weighted by Gasteiger charge is -2.13. The molecule has 0 aliphatic rings. The molecule has 20 heavy (non-hydrogen) atoms. The normalized spacial score (nSPS) is 12.3. The number of hydrogen-bond donors (Lipinski definition) is 1. The van der Waals surface area contributed by atoms with Gasteiger partial charge in [0.1, 0.15) is 36.6 Å². The van der Waals surface area contributed by atoms with E-state index in [9.17, 15) is 9.50 Å². The molecule has 1 heterocycles. The first-order chi connectivity index (χ1) is 9.65. The van der Waals surface area contributed by atoms with Crippen LogP contribution in [-0.2, 0) is 11.3 Å². The average molecular weight is 280 g/mol. The van der Waals surface area contributed by atoms with Crippen LogP contribution in [0.2, 0.25) is 0 Å². The molecule has 2 rings (SSSR count). The van der Waals surface area contributed by atoms with E-state index >= 15 is 0 Å². The van der Waals surface area contributed by atoms with Gasteiger partial charge in [0.15, 0.2) is 0 Å². The summed E-state index contributed by atoms with van der Waals surface area (Å²) in [6, 6.07) is 7.82. The number of aliphatic hydroxyl groups is 1. The Kier molecular flexibility index (Phi) is 5.15. The maximum absolute atomic E-state index is 12.9. The molecule has 5 heteroatoms. The highest BCUT2D eigenvalue weighted by Gasteiger charge is 2.08. The summed E-state index contributed by atoms with van der Waals surface area (Å²) in [6.45, 7) is 2.28. The second-order valence-electron chi connectivity index (χ2n) is 4.47. The monoisotopic (exact) mass is 280 g/mol. The van der Waals surface area contributed by atoms with Crippen LogP contribution in [0.5, 0.6) is 5.75 Å². The van der Waals surface area contributed by atoms with E-state index in [1.54, 1.807) is 31.4 Å². The van der Waals surface area contributed by atoms with Crippen LogP contribution >= 0.6 is 0 Å². The first kappa shape index (κ1) is 14.6. The summed E-state index contributed by atoms with van der Waals surface area (Å²) in [5.74, 6) is 0.946. The van der Waals surface area contributed by atoms with E-state index < -0.39 is 6.10 Å². The molecular weight excluding hydrogens is 263 g/mol. The number of benzene rings is 1. The third-order valence-corrected chi connectivity index (χ3v) is 2.70. The molecule has 0 aliphatic carbocycles. The Morgan fingerprint density at radius 1 is 1.30 bits per heavy atom. The van der Waals surface area contributed by atoms with Gasteiger partial charge in [0.05, 0.1) is 12.9 Å². The first-order valence-electron chi connectivity index (χ1n) is 6.32. The molecule has 0 radical (unpaired) electrons. The predicted octanol–water partition coefficient (Wildman–Crippen LogP) is 2.68. The zero-order valence-corrected chi connectivity index (χ0v) is 11.2. The SMILES string of the molecule is Cc1cc(F)ccc1OCC(O)COCc1ccco1. The lowest BCUT2D eigenvalue weighted by Crippen LogP contribution is -2.23. The van der Waals surface area contributed by atoms with E-state index in [1.807, 2.05) is 0 Å². The fourth-order valence-electron chi connectivity index (χ4n) is 1.70. The van der Waals surface area contributed by atoms with E-state index in [2.05, 4.69) is 0 Å². The Labute approximate surface area is 116 Å². The van der Waals surface area contributed by atoms with Crippen LogP contribution in [0, 0.1) is 12.7 Å². The van der Waals surface area contributed by atoms with Gasteiger partial charge in [0.25, 0.3) is 0 Å². The minimum atomic E-state index is -0.755. The topological polar surface area (TPSA) is 51.8 Å². The van der Waals surface area contributed by atoms with Gasteiger partial charge >= 0.3 is 0 Å². The van der Waals surface area contributed by atoms with Gasteiger partial charge in [-0.25, -0.2) is 4.39 Å².